The van der Waals surface area contributed by atoms with Gasteiger partial charge in [0.2, 0.25) is 0 Å². The van der Waals surface area contributed by atoms with Crippen LogP contribution >= 0.6 is 11.6 Å². The molecule has 0 heterocycles. The quantitative estimate of drug-likeness (QED) is 0.863. The van der Waals surface area contributed by atoms with E-state index < -0.39 is 0 Å². The third-order valence-electron chi connectivity index (χ3n) is 4.04. The molecule has 3 rings (SSSR count). The van der Waals surface area contributed by atoms with E-state index in [1.165, 1.54) is 29.7 Å². The average Bonchev–Trinajstić information content (AvgIpc) is 3.29. The highest BCUT2D eigenvalue weighted by molar-refractivity contribution is 6.33. The van der Waals surface area contributed by atoms with E-state index in [1.807, 2.05) is 12.1 Å². The van der Waals surface area contributed by atoms with Crippen LogP contribution in [0.15, 0.2) is 42.5 Å². The monoisotopic (exact) mass is 300 g/mol. The summed E-state index contributed by atoms with van der Waals surface area (Å²) in [6.07, 6.45) is 2.59. The van der Waals surface area contributed by atoms with Crippen molar-refractivity contribution in [3.63, 3.8) is 0 Å². The van der Waals surface area contributed by atoms with Crippen molar-refractivity contribution >= 4 is 23.0 Å². The van der Waals surface area contributed by atoms with Gasteiger partial charge in [-0.1, -0.05) is 41.9 Å². The fourth-order valence-electron chi connectivity index (χ4n) is 2.68. The lowest BCUT2D eigenvalue weighted by atomic mass is 10.1. The molecule has 3 heteroatoms. The van der Waals surface area contributed by atoms with Crippen LogP contribution in [0.25, 0.3) is 0 Å². The summed E-state index contributed by atoms with van der Waals surface area (Å²) in [5.41, 5.74) is 4.79. The normalized spacial score (nSPS) is 14.2. The molecule has 2 nitrogen and oxygen atoms in total. The Hall–Kier alpha value is -1.51. The molecule has 0 bridgehead atoms. The molecule has 0 aromatic heterocycles. The minimum absolute atomic E-state index is 0.695. The lowest BCUT2D eigenvalue weighted by Crippen LogP contribution is -2.19. The van der Waals surface area contributed by atoms with Crippen molar-refractivity contribution in [3.05, 3.63) is 58.6 Å². The summed E-state index contributed by atoms with van der Waals surface area (Å²) in [6.45, 7) is 3.00. The van der Waals surface area contributed by atoms with E-state index in [9.17, 15) is 0 Å². The van der Waals surface area contributed by atoms with Crippen LogP contribution in [0.5, 0.6) is 0 Å². The Morgan fingerprint density at radius 3 is 2.62 bits per heavy atom. The van der Waals surface area contributed by atoms with E-state index in [0.29, 0.717) is 6.04 Å². The van der Waals surface area contributed by atoms with Crippen LogP contribution in [0.4, 0.5) is 11.4 Å². The van der Waals surface area contributed by atoms with Crippen LogP contribution in [0.3, 0.4) is 0 Å². The Kier molecular flexibility index (Phi) is 4.18. The highest BCUT2D eigenvalue weighted by atomic mass is 35.5. The summed E-state index contributed by atoms with van der Waals surface area (Å²) in [6, 6.07) is 15.2. The summed E-state index contributed by atoms with van der Waals surface area (Å²) in [5, 5.41) is 4.38. The number of hydrogen-bond donors (Lipinski definition) is 1. The number of para-hydroxylation sites is 2. The molecule has 0 radical (unpaired) electrons. The van der Waals surface area contributed by atoms with Crippen LogP contribution in [-0.2, 0) is 6.54 Å². The molecule has 110 valence electrons. The van der Waals surface area contributed by atoms with Gasteiger partial charge in [0, 0.05) is 25.3 Å². The van der Waals surface area contributed by atoms with Gasteiger partial charge in [-0.3, -0.25) is 0 Å². The van der Waals surface area contributed by atoms with Gasteiger partial charge in [0.1, 0.15) is 0 Å². The van der Waals surface area contributed by atoms with Crippen LogP contribution < -0.4 is 10.2 Å². The van der Waals surface area contributed by atoms with Crippen LogP contribution in [0.1, 0.15) is 24.0 Å². The third kappa shape index (κ3) is 3.22. The summed E-state index contributed by atoms with van der Waals surface area (Å²) in [5.74, 6) is 0. The van der Waals surface area contributed by atoms with Crippen molar-refractivity contribution in [2.24, 2.45) is 0 Å². The maximum absolute atomic E-state index is 6.49. The van der Waals surface area contributed by atoms with Gasteiger partial charge in [0.05, 0.1) is 10.7 Å². The molecular formula is C18H21ClN2. The maximum atomic E-state index is 6.49. The van der Waals surface area contributed by atoms with E-state index in [-0.39, 0.29) is 0 Å². The zero-order chi connectivity index (χ0) is 14.8. The molecule has 0 spiro atoms. The first-order chi connectivity index (χ1) is 10.2. The molecule has 1 aliphatic carbocycles. The Morgan fingerprint density at radius 2 is 1.90 bits per heavy atom. The van der Waals surface area contributed by atoms with Gasteiger partial charge in [-0.25, -0.2) is 0 Å². The number of nitrogens with one attached hydrogen (secondary N) is 1. The summed E-state index contributed by atoms with van der Waals surface area (Å²) in [4.78, 5) is 2.20. The Balaban J connectivity index is 1.93. The lowest BCUT2D eigenvalue weighted by molar-refractivity contribution is 0.687. The first-order valence-corrected chi connectivity index (χ1v) is 7.85. The minimum Gasteiger partial charge on any atom is -0.343 e. The molecular weight excluding hydrogens is 280 g/mol. The third-order valence-corrected chi connectivity index (χ3v) is 4.35. The SMILES string of the molecule is Cc1ccccc1N(C)c1c(Cl)cccc1CNC1CC1. The topological polar surface area (TPSA) is 15.3 Å². The summed E-state index contributed by atoms with van der Waals surface area (Å²) < 4.78 is 0. The fraction of sp³-hybridized carbons (Fsp3) is 0.333. The van der Waals surface area contributed by atoms with Gasteiger partial charge in [0.25, 0.3) is 0 Å². The van der Waals surface area contributed by atoms with Crippen molar-refractivity contribution in [2.45, 2.75) is 32.4 Å². The molecule has 1 N–H and O–H groups in total. The molecule has 0 aliphatic heterocycles. The standard InChI is InChI=1S/C18H21ClN2/c1-13-6-3-4-9-17(13)21(2)18-14(7-5-8-16(18)19)12-20-15-10-11-15/h3-9,15,20H,10-12H2,1-2H3. The second-order valence-electron chi connectivity index (χ2n) is 5.75. The van der Waals surface area contributed by atoms with Gasteiger partial charge in [-0.15, -0.1) is 0 Å². The molecule has 2 aromatic carbocycles. The fourth-order valence-corrected chi connectivity index (χ4v) is 3.00. The smallest absolute Gasteiger partial charge is 0.0646 e. The number of benzene rings is 2. The lowest BCUT2D eigenvalue weighted by Gasteiger charge is -2.25. The minimum atomic E-state index is 0.695. The van der Waals surface area contributed by atoms with Gasteiger partial charge in [-0.05, 0) is 43.0 Å². The Labute approximate surface area is 131 Å². The number of rotatable bonds is 5. The molecule has 1 saturated carbocycles. The molecule has 1 fully saturated rings. The maximum Gasteiger partial charge on any atom is 0.0646 e. The van der Waals surface area contributed by atoms with E-state index in [2.05, 4.69) is 54.5 Å². The summed E-state index contributed by atoms with van der Waals surface area (Å²) in [7, 11) is 2.09. The second-order valence-corrected chi connectivity index (χ2v) is 6.16. The molecule has 2 aromatic rings. The Bertz CT molecular complexity index is 635. The Morgan fingerprint density at radius 1 is 1.14 bits per heavy atom. The molecule has 1 aliphatic rings. The first kappa shape index (κ1) is 14.4. The number of hydrogen-bond acceptors (Lipinski definition) is 2. The van der Waals surface area contributed by atoms with Crippen LogP contribution in [0.2, 0.25) is 5.02 Å². The first-order valence-electron chi connectivity index (χ1n) is 7.47. The largest absolute Gasteiger partial charge is 0.343 e. The van der Waals surface area contributed by atoms with E-state index in [4.69, 9.17) is 11.6 Å². The number of aryl methyl sites for hydroxylation is 1. The van der Waals surface area contributed by atoms with E-state index >= 15 is 0 Å². The second kappa shape index (κ2) is 6.08. The van der Waals surface area contributed by atoms with Gasteiger partial charge >= 0.3 is 0 Å². The zero-order valence-electron chi connectivity index (χ0n) is 12.6. The van der Waals surface area contributed by atoms with Crippen molar-refractivity contribution < 1.29 is 0 Å². The van der Waals surface area contributed by atoms with Crippen molar-refractivity contribution in [1.82, 2.24) is 5.32 Å². The molecule has 0 atom stereocenters. The number of anilines is 2. The molecule has 21 heavy (non-hydrogen) atoms. The van der Waals surface area contributed by atoms with E-state index in [0.717, 1.165) is 17.3 Å². The predicted octanol–water partition coefficient (Wildman–Crippen LogP) is 4.67. The van der Waals surface area contributed by atoms with Crippen molar-refractivity contribution in [3.8, 4) is 0 Å². The van der Waals surface area contributed by atoms with Gasteiger partial charge in [0.15, 0.2) is 0 Å². The van der Waals surface area contributed by atoms with Crippen LogP contribution in [0, 0.1) is 6.92 Å². The van der Waals surface area contributed by atoms with Crippen LogP contribution in [-0.4, -0.2) is 13.1 Å². The average molecular weight is 301 g/mol. The van der Waals surface area contributed by atoms with Gasteiger partial charge in [-0.2, -0.15) is 0 Å². The summed E-state index contributed by atoms with van der Waals surface area (Å²) >= 11 is 6.49. The van der Waals surface area contributed by atoms with Crippen molar-refractivity contribution in [2.75, 3.05) is 11.9 Å². The van der Waals surface area contributed by atoms with Crippen molar-refractivity contribution in [1.29, 1.82) is 0 Å². The van der Waals surface area contributed by atoms with E-state index in [1.54, 1.807) is 0 Å². The number of nitrogens with zero attached hydrogens (tertiary/aromatic N) is 1. The zero-order valence-corrected chi connectivity index (χ0v) is 13.3. The highest BCUT2D eigenvalue weighted by Gasteiger charge is 2.21. The number of halogens is 1. The highest BCUT2D eigenvalue weighted by Crippen LogP contribution is 2.35. The molecule has 0 amide bonds. The molecule has 0 unspecified atom stereocenters. The van der Waals surface area contributed by atoms with Gasteiger partial charge < -0.3 is 10.2 Å². The molecule has 0 saturated heterocycles. The predicted molar refractivity (Wildman–Crippen MR) is 90.6 cm³/mol.